The zero-order valence-corrected chi connectivity index (χ0v) is 11.9. The van der Waals surface area contributed by atoms with Gasteiger partial charge in [-0.3, -0.25) is 14.9 Å². The van der Waals surface area contributed by atoms with E-state index in [4.69, 9.17) is 5.26 Å². The Hall–Kier alpha value is -3.05. The molecule has 0 aliphatic carbocycles. The normalized spacial score (nSPS) is 10.5. The Kier molecular flexibility index (Phi) is 3.40. The van der Waals surface area contributed by atoms with Gasteiger partial charge >= 0.3 is 0 Å². The first-order chi connectivity index (χ1) is 10.6. The molecule has 2 heterocycles. The van der Waals surface area contributed by atoms with E-state index in [1.807, 2.05) is 24.3 Å². The maximum absolute atomic E-state index is 12.1. The smallest absolute Gasteiger partial charge is 0.287 e. The lowest BCUT2D eigenvalue weighted by molar-refractivity contribution is -0.385. The molecule has 0 radical (unpaired) electrons. The standard InChI is InChI=1S/C14H8N4O3S/c15-6-9-5-10(18(20)21)7-17(14(9)19)8-13-16-11-3-1-2-4-12(11)22-13/h1-5,7H,8H2. The van der Waals surface area contributed by atoms with Crippen LogP contribution in [0.5, 0.6) is 0 Å². The maximum atomic E-state index is 12.1. The SMILES string of the molecule is N#Cc1cc([N+](=O)[O-])cn(Cc2nc3ccccc3s2)c1=O. The number of pyridine rings is 1. The molecular formula is C14H8N4O3S. The molecule has 3 rings (SSSR count). The molecule has 22 heavy (non-hydrogen) atoms. The third kappa shape index (κ3) is 2.45. The molecule has 0 bridgehead atoms. The van der Waals surface area contributed by atoms with Crippen LogP contribution in [0.1, 0.15) is 10.6 Å². The number of aromatic nitrogens is 2. The zero-order valence-electron chi connectivity index (χ0n) is 11.1. The molecule has 1 aromatic carbocycles. The number of fused-ring (bicyclic) bond motifs is 1. The van der Waals surface area contributed by atoms with Gasteiger partial charge in [0.1, 0.15) is 16.6 Å². The van der Waals surface area contributed by atoms with Crippen molar-refractivity contribution in [1.29, 1.82) is 5.26 Å². The van der Waals surface area contributed by atoms with E-state index in [1.54, 1.807) is 6.07 Å². The second-order valence-corrected chi connectivity index (χ2v) is 5.60. The van der Waals surface area contributed by atoms with Crippen molar-refractivity contribution in [3.05, 3.63) is 67.6 Å². The number of rotatable bonds is 3. The molecule has 0 aliphatic rings. The van der Waals surface area contributed by atoms with Crippen LogP contribution in [0.3, 0.4) is 0 Å². The number of thiazole rings is 1. The lowest BCUT2D eigenvalue weighted by Crippen LogP contribution is -2.23. The first-order valence-electron chi connectivity index (χ1n) is 6.22. The van der Waals surface area contributed by atoms with E-state index >= 15 is 0 Å². The Labute approximate surface area is 127 Å². The topological polar surface area (TPSA) is 102 Å². The highest BCUT2D eigenvalue weighted by atomic mass is 32.1. The van der Waals surface area contributed by atoms with Crippen molar-refractivity contribution in [1.82, 2.24) is 9.55 Å². The molecule has 0 saturated carbocycles. The summed E-state index contributed by atoms with van der Waals surface area (Å²) in [4.78, 5) is 26.7. The van der Waals surface area contributed by atoms with Crippen molar-refractivity contribution in [3.8, 4) is 6.07 Å². The van der Waals surface area contributed by atoms with E-state index in [0.717, 1.165) is 27.0 Å². The quantitative estimate of drug-likeness (QED) is 0.545. The van der Waals surface area contributed by atoms with Crippen LogP contribution in [-0.4, -0.2) is 14.5 Å². The molecule has 108 valence electrons. The Morgan fingerprint density at radius 3 is 2.86 bits per heavy atom. The highest BCUT2D eigenvalue weighted by molar-refractivity contribution is 7.18. The third-order valence-electron chi connectivity index (χ3n) is 3.05. The van der Waals surface area contributed by atoms with Gasteiger partial charge in [0.05, 0.1) is 27.9 Å². The second kappa shape index (κ2) is 5.38. The van der Waals surface area contributed by atoms with Crippen molar-refractivity contribution in [3.63, 3.8) is 0 Å². The zero-order chi connectivity index (χ0) is 15.7. The van der Waals surface area contributed by atoms with E-state index in [1.165, 1.54) is 11.3 Å². The lowest BCUT2D eigenvalue weighted by Gasteiger charge is -2.03. The predicted octanol–water partition coefficient (Wildman–Crippen LogP) is 2.29. The predicted molar refractivity (Wildman–Crippen MR) is 80.8 cm³/mol. The minimum atomic E-state index is -0.630. The molecule has 0 aliphatic heterocycles. The minimum Gasteiger partial charge on any atom is -0.301 e. The van der Waals surface area contributed by atoms with Gasteiger partial charge in [0.15, 0.2) is 0 Å². The Bertz CT molecular complexity index is 951. The number of nitriles is 1. The van der Waals surface area contributed by atoms with Gasteiger partial charge in [0.2, 0.25) is 0 Å². The van der Waals surface area contributed by atoms with Crippen LogP contribution >= 0.6 is 11.3 Å². The highest BCUT2D eigenvalue weighted by Gasteiger charge is 2.15. The maximum Gasteiger partial charge on any atom is 0.287 e. The first kappa shape index (κ1) is 13.9. The lowest BCUT2D eigenvalue weighted by atomic mass is 10.2. The van der Waals surface area contributed by atoms with Crippen LogP contribution in [-0.2, 0) is 6.54 Å². The van der Waals surface area contributed by atoms with Crippen LogP contribution in [0.25, 0.3) is 10.2 Å². The van der Waals surface area contributed by atoms with Crippen LogP contribution in [0, 0.1) is 21.4 Å². The van der Waals surface area contributed by atoms with Crippen LogP contribution < -0.4 is 5.56 Å². The fourth-order valence-corrected chi connectivity index (χ4v) is 3.02. The van der Waals surface area contributed by atoms with Gasteiger partial charge in [-0.05, 0) is 12.1 Å². The number of hydrogen-bond donors (Lipinski definition) is 0. The fourth-order valence-electron chi connectivity index (χ4n) is 2.05. The summed E-state index contributed by atoms with van der Waals surface area (Å²) >= 11 is 1.40. The number of hydrogen-bond acceptors (Lipinski definition) is 6. The number of nitro groups is 1. The summed E-state index contributed by atoms with van der Waals surface area (Å²) < 4.78 is 2.12. The van der Waals surface area contributed by atoms with Gasteiger partial charge in [-0.2, -0.15) is 5.26 Å². The van der Waals surface area contributed by atoms with E-state index < -0.39 is 10.5 Å². The molecule has 8 heteroatoms. The monoisotopic (exact) mass is 312 g/mol. The van der Waals surface area contributed by atoms with E-state index in [-0.39, 0.29) is 17.8 Å². The summed E-state index contributed by atoms with van der Waals surface area (Å²) in [5.74, 6) is 0. The summed E-state index contributed by atoms with van der Waals surface area (Å²) in [5, 5.41) is 20.5. The average molecular weight is 312 g/mol. The molecule has 0 amide bonds. The summed E-state index contributed by atoms with van der Waals surface area (Å²) in [6, 6.07) is 10.2. The highest BCUT2D eigenvalue weighted by Crippen LogP contribution is 2.22. The van der Waals surface area contributed by atoms with Crippen LogP contribution in [0.4, 0.5) is 5.69 Å². The Balaban J connectivity index is 2.08. The van der Waals surface area contributed by atoms with E-state index in [9.17, 15) is 14.9 Å². The Morgan fingerprint density at radius 2 is 2.18 bits per heavy atom. The molecule has 7 nitrogen and oxygen atoms in total. The van der Waals surface area contributed by atoms with Gasteiger partial charge in [-0.1, -0.05) is 12.1 Å². The summed E-state index contributed by atoms with van der Waals surface area (Å²) in [7, 11) is 0. The van der Waals surface area contributed by atoms with Gasteiger partial charge in [-0.25, -0.2) is 4.98 Å². The number of para-hydroxylation sites is 1. The van der Waals surface area contributed by atoms with Crippen molar-refractivity contribution in [2.45, 2.75) is 6.54 Å². The summed E-state index contributed by atoms with van der Waals surface area (Å²) in [6.07, 6.45) is 1.13. The van der Waals surface area contributed by atoms with Gasteiger partial charge in [-0.15, -0.1) is 11.3 Å². The molecule has 3 aromatic rings. The average Bonchev–Trinajstić information content (AvgIpc) is 2.91. The van der Waals surface area contributed by atoms with Crippen molar-refractivity contribution < 1.29 is 4.92 Å². The third-order valence-corrected chi connectivity index (χ3v) is 4.07. The molecule has 0 atom stereocenters. The molecule has 2 aromatic heterocycles. The van der Waals surface area contributed by atoms with E-state index in [0.29, 0.717) is 5.01 Å². The van der Waals surface area contributed by atoms with E-state index in [2.05, 4.69) is 4.98 Å². The van der Waals surface area contributed by atoms with Crippen molar-refractivity contribution in [2.24, 2.45) is 0 Å². The number of benzene rings is 1. The molecular weight excluding hydrogens is 304 g/mol. The molecule has 0 N–H and O–H groups in total. The molecule has 0 unspecified atom stereocenters. The fraction of sp³-hybridized carbons (Fsp3) is 0.0714. The second-order valence-electron chi connectivity index (χ2n) is 4.49. The molecule has 0 fully saturated rings. The van der Waals surface area contributed by atoms with Gasteiger partial charge in [0.25, 0.3) is 11.2 Å². The first-order valence-corrected chi connectivity index (χ1v) is 7.03. The number of nitrogens with zero attached hydrogens (tertiary/aromatic N) is 4. The van der Waals surface area contributed by atoms with Crippen LogP contribution in [0.2, 0.25) is 0 Å². The van der Waals surface area contributed by atoms with Gasteiger partial charge in [0, 0.05) is 6.07 Å². The van der Waals surface area contributed by atoms with Crippen molar-refractivity contribution in [2.75, 3.05) is 0 Å². The van der Waals surface area contributed by atoms with Crippen molar-refractivity contribution >= 4 is 27.2 Å². The van der Waals surface area contributed by atoms with Crippen LogP contribution in [0.15, 0.2) is 41.3 Å². The van der Waals surface area contributed by atoms with Gasteiger partial charge < -0.3 is 4.57 Å². The summed E-state index contributed by atoms with van der Waals surface area (Å²) in [6.45, 7) is 0.0918. The largest absolute Gasteiger partial charge is 0.301 e. The molecule has 0 saturated heterocycles. The Morgan fingerprint density at radius 1 is 1.41 bits per heavy atom. The molecule has 0 spiro atoms. The minimum absolute atomic E-state index is 0.0918. The summed E-state index contributed by atoms with van der Waals surface area (Å²) in [5.41, 5.74) is -0.304.